The summed E-state index contributed by atoms with van der Waals surface area (Å²) in [6.45, 7) is 2.01. The van der Waals surface area contributed by atoms with Crippen LogP contribution in [0.2, 0.25) is 0 Å². The van der Waals surface area contributed by atoms with Crippen LogP contribution in [0.4, 0.5) is 10.1 Å². The third-order valence-corrected chi connectivity index (χ3v) is 5.31. The molecule has 1 atom stereocenters. The number of methoxy groups -OCH3 is 3. The quantitative estimate of drug-likeness (QED) is 0.592. The molecule has 3 aromatic rings. The average Bonchev–Trinajstić information content (AvgIpc) is 3.41. The number of ether oxygens (including phenoxy) is 3. The van der Waals surface area contributed by atoms with Crippen molar-refractivity contribution in [1.29, 1.82) is 0 Å². The minimum absolute atomic E-state index is 0.124. The fourth-order valence-corrected chi connectivity index (χ4v) is 3.60. The Morgan fingerprint density at radius 2 is 1.81 bits per heavy atom. The zero-order valence-corrected chi connectivity index (χ0v) is 17.6. The summed E-state index contributed by atoms with van der Waals surface area (Å²) >= 11 is 0. The van der Waals surface area contributed by atoms with E-state index in [0.717, 1.165) is 0 Å². The van der Waals surface area contributed by atoms with Gasteiger partial charge >= 0.3 is 0 Å². The summed E-state index contributed by atoms with van der Waals surface area (Å²) in [7, 11) is 4.57. The highest BCUT2D eigenvalue weighted by Gasteiger charge is 2.35. The molecular weight excluding hydrogens is 405 g/mol. The molecule has 162 valence electrons. The number of aromatic nitrogens is 2. The van der Waals surface area contributed by atoms with Gasteiger partial charge in [0, 0.05) is 24.2 Å². The molecule has 0 spiro atoms. The van der Waals surface area contributed by atoms with Gasteiger partial charge in [0.15, 0.2) is 11.5 Å². The fourth-order valence-electron chi connectivity index (χ4n) is 3.60. The van der Waals surface area contributed by atoms with Gasteiger partial charge in [-0.25, -0.2) is 4.39 Å². The van der Waals surface area contributed by atoms with E-state index in [0.29, 0.717) is 52.3 Å². The van der Waals surface area contributed by atoms with Crippen LogP contribution >= 0.6 is 0 Å². The molecule has 1 saturated heterocycles. The Bertz CT molecular complexity index is 1110. The van der Waals surface area contributed by atoms with Crippen molar-refractivity contribution >= 4 is 11.6 Å². The van der Waals surface area contributed by atoms with E-state index in [2.05, 4.69) is 10.1 Å². The lowest BCUT2D eigenvalue weighted by molar-refractivity contribution is -0.117. The van der Waals surface area contributed by atoms with E-state index in [4.69, 9.17) is 18.7 Å². The number of anilines is 1. The van der Waals surface area contributed by atoms with E-state index in [1.807, 2.05) is 0 Å². The van der Waals surface area contributed by atoms with E-state index in [-0.39, 0.29) is 24.1 Å². The minimum Gasteiger partial charge on any atom is -0.493 e. The van der Waals surface area contributed by atoms with Gasteiger partial charge in [0.2, 0.25) is 23.4 Å². The molecule has 8 nitrogen and oxygen atoms in total. The summed E-state index contributed by atoms with van der Waals surface area (Å²) in [5.41, 5.74) is 1.66. The largest absolute Gasteiger partial charge is 0.493 e. The van der Waals surface area contributed by atoms with E-state index in [1.165, 1.54) is 32.3 Å². The lowest BCUT2D eigenvalue weighted by Gasteiger charge is -2.16. The summed E-state index contributed by atoms with van der Waals surface area (Å²) < 4.78 is 35.5. The Morgan fingerprint density at radius 3 is 2.42 bits per heavy atom. The standard InChI is InChI=1S/C22H22FN3O5/c1-12-5-6-15(10-16(12)23)26-11-14(9-19(26)27)22-24-21(25-31-22)13-7-17(28-2)20(30-4)18(8-13)29-3/h5-8,10,14H,9,11H2,1-4H3/t14-/m0/s1. The number of aryl methyl sites for hydroxylation is 1. The first kappa shape index (κ1) is 20.6. The SMILES string of the molecule is COc1cc(-c2noc([C@H]3CC(=O)N(c4ccc(C)c(F)c4)C3)n2)cc(OC)c1OC. The van der Waals surface area contributed by atoms with Crippen molar-refractivity contribution in [2.24, 2.45) is 0 Å². The molecule has 9 heteroatoms. The number of halogens is 1. The maximum atomic E-state index is 13.9. The molecule has 0 N–H and O–H groups in total. The number of amides is 1. The highest BCUT2D eigenvalue weighted by Crippen LogP contribution is 2.41. The highest BCUT2D eigenvalue weighted by atomic mass is 19.1. The second kappa shape index (κ2) is 8.25. The van der Waals surface area contributed by atoms with Crippen LogP contribution in [0.25, 0.3) is 11.4 Å². The third-order valence-electron chi connectivity index (χ3n) is 5.31. The molecule has 2 aromatic carbocycles. The van der Waals surface area contributed by atoms with Gasteiger partial charge in [-0.05, 0) is 36.8 Å². The van der Waals surface area contributed by atoms with E-state index in [1.54, 1.807) is 31.2 Å². The number of nitrogens with zero attached hydrogens (tertiary/aromatic N) is 3. The summed E-state index contributed by atoms with van der Waals surface area (Å²) in [6.07, 6.45) is 0.201. The van der Waals surface area contributed by atoms with Crippen molar-refractivity contribution in [3.63, 3.8) is 0 Å². The Labute approximate surface area is 178 Å². The first-order valence-corrected chi connectivity index (χ1v) is 9.65. The number of carbonyl (C=O) groups excluding carboxylic acids is 1. The number of hydrogen-bond donors (Lipinski definition) is 0. The second-order valence-electron chi connectivity index (χ2n) is 7.21. The van der Waals surface area contributed by atoms with Crippen LogP contribution in [0.3, 0.4) is 0 Å². The number of hydrogen-bond acceptors (Lipinski definition) is 7. The van der Waals surface area contributed by atoms with E-state index in [9.17, 15) is 9.18 Å². The molecule has 0 radical (unpaired) electrons. The van der Waals surface area contributed by atoms with Crippen molar-refractivity contribution in [3.8, 4) is 28.6 Å². The molecule has 0 saturated carbocycles. The first-order valence-electron chi connectivity index (χ1n) is 9.65. The Balaban J connectivity index is 1.59. The van der Waals surface area contributed by atoms with Gasteiger partial charge in [-0.3, -0.25) is 4.79 Å². The number of rotatable bonds is 6. The van der Waals surface area contributed by atoms with Gasteiger partial charge in [0.25, 0.3) is 0 Å². The Morgan fingerprint density at radius 1 is 1.10 bits per heavy atom. The smallest absolute Gasteiger partial charge is 0.232 e. The summed E-state index contributed by atoms with van der Waals surface area (Å²) in [5, 5.41) is 4.06. The van der Waals surface area contributed by atoms with Crippen molar-refractivity contribution < 1.29 is 27.9 Å². The maximum Gasteiger partial charge on any atom is 0.232 e. The second-order valence-corrected chi connectivity index (χ2v) is 7.21. The molecule has 1 aliphatic rings. The normalized spacial score (nSPS) is 16.0. The van der Waals surface area contributed by atoms with Crippen LogP contribution in [0.1, 0.15) is 23.8 Å². The molecule has 31 heavy (non-hydrogen) atoms. The number of carbonyl (C=O) groups is 1. The average molecular weight is 427 g/mol. The monoisotopic (exact) mass is 427 g/mol. The molecule has 4 rings (SSSR count). The van der Waals surface area contributed by atoms with Crippen molar-refractivity contribution in [1.82, 2.24) is 10.1 Å². The summed E-state index contributed by atoms with van der Waals surface area (Å²) in [5.74, 6) is 1.30. The minimum atomic E-state index is -0.351. The topological polar surface area (TPSA) is 86.9 Å². The van der Waals surface area contributed by atoms with E-state index < -0.39 is 0 Å². The van der Waals surface area contributed by atoms with Crippen LogP contribution in [0, 0.1) is 12.7 Å². The van der Waals surface area contributed by atoms with Crippen molar-refractivity contribution in [2.75, 3.05) is 32.8 Å². The van der Waals surface area contributed by atoms with Crippen LogP contribution < -0.4 is 19.1 Å². The number of benzene rings is 2. The van der Waals surface area contributed by atoms with Crippen LogP contribution in [-0.4, -0.2) is 43.9 Å². The summed E-state index contributed by atoms with van der Waals surface area (Å²) in [6, 6.07) is 8.19. The van der Waals surface area contributed by atoms with Crippen LogP contribution in [0.15, 0.2) is 34.9 Å². The van der Waals surface area contributed by atoms with Crippen LogP contribution in [0.5, 0.6) is 17.2 Å². The van der Waals surface area contributed by atoms with Crippen molar-refractivity contribution in [2.45, 2.75) is 19.3 Å². The van der Waals surface area contributed by atoms with Gasteiger partial charge in [0.05, 0.1) is 27.2 Å². The maximum absolute atomic E-state index is 13.9. The molecule has 1 aromatic heterocycles. The Kier molecular flexibility index (Phi) is 5.50. The van der Waals surface area contributed by atoms with Gasteiger partial charge in [-0.15, -0.1) is 0 Å². The molecule has 0 unspecified atom stereocenters. The molecular formula is C22H22FN3O5. The lowest BCUT2D eigenvalue weighted by Crippen LogP contribution is -2.24. The predicted molar refractivity (Wildman–Crippen MR) is 110 cm³/mol. The summed E-state index contributed by atoms with van der Waals surface area (Å²) in [4.78, 5) is 18.6. The van der Waals surface area contributed by atoms with E-state index >= 15 is 0 Å². The van der Waals surface area contributed by atoms with Gasteiger partial charge in [0.1, 0.15) is 5.82 Å². The zero-order valence-electron chi connectivity index (χ0n) is 17.6. The fraction of sp³-hybridized carbons (Fsp3) is 0.318. The first-order chi connectivity index (χ1) is 14.9. The molecule has 1 fully saturated rings. The molecule has 1 aliphatic heterocycles. The highest BCUT2D eigenvalue weighted by molar-refractivity contribution is 5.96. The molecule has 0 aliphatic carbocycles. The molecule has 0 bridgehead atoms. The molecule has 2 heterocycles. The zero-order chi connectivity index (χ0) is 22.1. The van der Waals surface area contributed by atoms with Gasteiger partial charge < -0.3 is 23.6 Å². The van der Waals surface area contributed by atoms with Gasteiger partial charge in [-0.2, -0.15) is 4.98 Å². The third kappa shape index (κ3) is 3.78. The lowest BCUT2D eigenvalue weighted by atomic mass is 10.1. The van der Waals surface area contributed by atoms with Gasteiger partial charge in [-0.1, -0.05) is 11.2 Å². The van der Waals surface area contributed by atoms with Crippen LogP contribution in [-0.2, 0) is 4.79 Å². The predicted octanol–water partition coefficient (Wildman–Crippen LogP) is 3.73. The molecule has 1 amide bonds. The Hall–Kier alpha value is -3.62. The van der Waals surface area contributed by atoms with Crippen molar-refractivity contribution in [3.05, 3.63) is 47.6 Å².